The fraction of sp³-hybridized carbons (Fsp3) is 0.786. The monoisotopic (exact) mass is 300 g/mol. The van der Waals surface area contributed by atoms with Crippen LogP contribution >= 0.6 is 0 Å². The van der Waals surface area contributed by atoms with Gasteiger partial charge in [0.05, 0.1) is 7.11 Å². The number of urea groups is 1. The second-order valence-electron chi connectivity index (χ2n) is 6.11. The van der Waals surface area contributed by atoms with Gasteiger partial charge in [-0.3, -0.25) is 4.79 Å². The van der Waals surface area contributed by atoms with Crippen LogP contribution in [0, 0.1) is 5.41 Å². The largest absolute Gasteiger partial charge is 0.480 e. The van der Waals surface area contributed by atoms with E-state index in [2.05, 4.69) is 23.9 Å². The molecular formula is C14H24N2O5. The van der Waals surface area contributed by atoms with E-state index in [9.17, 15) is 14.4 Å². The number of carboxylic acid groups (broad SMARTS) is 1. The minimum Gasteiger partial charge on any atom is -0.480 e. The summed E-state index contributed by atoms with van der Waals surface area (Å²) in [5.74, 6) is -1.64. The first-order valence-corrected chi connectivity index (χ1v) is 7.10. The number of ether oxygens (including phenoxy) is 1. The van der Waals surface area contributed by atoms with Gasteiger partial charge in [0.15, 0.2) is 0 Å². The van der Waals surface area contributed by atoms with Crippen molar-refractivity contribution in [2.45, 2.75) is 45.6 Å². The summed E-state index contributed by atoms with van der Waals surface area (Å²) in [6, 6.07) is -1.46. The first kappa shape index (κ1) is 17.3. The Morgan fingerprint density at radius 1 is 1.29 bits per heavy atom. The van der Waals surface area contributed by atoms with Crippen LogP contribution in [0.3, 0.4) is 0 Å². The van der Waals surface area contributed by atoms with Crippen LogP contribution < -0.4 is 5.32 Å². The molecule has 1 fully saturated rings. The quantitative estimate of drug-likeness (QED) is 0.744. The molecule has 21 heavy (non-hydrogen) atoms. The van der Waals surface area contributed by atoms with Crippen molar-refractivity contribution in [3.63, 3.8) is 0 Å². The Morgan fingerprint density at radius 2 is 1.86 bits per heavy atom. The second-order valence-corrected chi connectivity index (χ2v) is 6.11. The molecule has 7 nitrogen and oxygen atoms in total. The van der Waals surface area contributed by atoms with Crippen molar-refractivity contribution in [1.82, 2.24) is 10.2 Å². The Bertz CT molecular complexity index is 398. The van der Waals surface area contributed by atoms with Crippen LogP contribution in [0.5, 0.6) is 0 Å². The predicted octanol–water partition coefficient (Wildman–Crippen LogP) is 1.22. The van der Waals surface area contributed by atoms with Crippen molar-refractivity contribution >= 4 is 18.0 Å². The van der Waals surface area contributed by atoms with Crippen molar-refractivity contribution in [3.8, 4) is 0 Å². The summed E-state index contributed by atoms with van der Waals surface area (Å²) in [5.41, 5.74) is 0.216. The smallest absolute Gasteiger partial charge is 0.326 e. The number of amides is 2. The normalized spacial score (nSPS) is 18.7. The summed E-state index contributed by atoms with van der Waals surface area (Å²) in [6.45, 7) is 5.53. The second kappa shape index (κ2) is 7.28. The van der Waals surface area contributed by atoms with Crippen molar-refractivity contribution in [1.29, 1.82) is 0 Å². The molecule has 0 aromatic carbocycles. The molecule has 0 aliphatic carbocycles. The van der Waals surface area contributed by atoms with Gasteiger partial charge in [-0.15, -0.1) is 0 Å². The van der Waals surface area contributed by atoms with Crippen molar-refractivity contribution in [3.05, 3.63) is 0 Å². The van der Waals surface area contributed by atoms with Gasteiger partial charge in [-0.1, -0.05) is 13.8 Å². The first-order valence-electron chi connectivity index (χ1n) is 7.10. The Morgan fingerprint density at radius 3 is 2.33 bits per heavy atom. The van der Waals surface area contributed by atoms with Gasteiger partial charge >= 0.3 is 18.0 Å². The number of rotatable bonds is 5. The van der Waals surface area contributed by atoms with Crippen LogP contribution in [0.4, 0.5) is 4.79 Å². The Labute approximate surface area is 124 Å². The summed E-state index contributed by atoms with van der Waals surface area (Å²) in [6.07, 6.45) is 1.76. The maximum Gasteiger partial charge on any atom is 0.326 e. The lowest BCUT2D eigenvalue weighted by Gasteiger charge is -2.37. The van der Waals surface area contributed by atoms with Crippen LogP contribution in [-0.4, -0.2) is 54.2 Å². The van der Waals surface area contributed by atoms with Crippen LogP contribution in [0.2, 0.25) is 0 Å². The standard InChI is InChI=1S/C14H24N2O5/c1-14(2)6-8-16(9-7-14)13(20)15-10(12(18)19)4-5-11(17)21-3/h10H,4-9H2,1-3H3,(H,15,20)(H,18,19)/t10-/m0/s1. The molecule has 0 spiro atoms. The van der Waals surface area contributed by atoms with Crippen LogP contribution in [0.15, 0.2) is 0 Å². The number of aliphatic carboxylic acids is 1. The number of carbonyl (C=O) groups excluding carboxylic acids is 2. The van der Waals surface area contributed by atoms with Gasteiger partial charge in [0.25, 0.3) is 0 Å². The number of hydrogen-bond acceptors (Lipinski definition) is 4. The van der Waals surface area contributed by atoms with Crippen LogP contribution in [-0.2, 0) is 14.3 Å². The van der Waals surface area contributed by atoms with Crippen LogP contribution in [0.1, 0.15) is 39.5 Å². The molecule has 2 N–H and O–H groups in total. The van der Waals surface area contributed by atoms with Gasteiger partial charge < -0.3 is 20.1 Å². The molecule has 1 atom stereocenters. The average molecular weight is 300 g/mol. The third-order valence-electron chi connectivity index (χ3n) is 3.86. The summed E-state index contributed by atoms with van der Waals surface area (Å²) in [7, 11) is 1.24. The van der Waals surface area contributed by atoms with E-state index in [0.29, 0.717) is 13.1 Å². The molecule has 2 amide bonds. The highest BCUT2D eigenvalue weighted by Crippen LogP contribution is 2.29. The Balaban J connectivity index is 2.49. The molecule has 1 aliphatic heterocycles. The minimum absolute atomic E-state index is 0.0209. The molecule has 1 aliphatic rings. The van der Waals surface area contributed by atoms with Gasteiger partial charge in [-0.25, -0.2) is 9.59 Å². The van der Waals surface area contributed by atoms with Crippen molar-refractivity contribution < 1.29 is 24.2 Å². The third kappa shape index (κ3) is 5.61. The summed E-state index contributed by atoms with van der Waals surface area (Å²) in [4.78, 5) is 35.9. The Hall–Kier alpha value is -1.79. The maximum absolute atomic E-state index is 12.1. The van der Waals surface area contributed by atoms with E-state index in [1.807, 2.05) is 0 Å². The highest BCUT2D eigenvalue weighted by Gasteiger charge is 2.30. The maximum atomic E-state index is 12.1. The molecule has 0 aromatic heterocycles. The SMILES string of the molecule is COC(=O)CC[C@H](NC(=O)N1CCC(C)(C)CC1)C(=O)O. The highest BCUT2D eigenvalue weighted by atomic mass is 16.5. The van der Waals surface area contributed by atoms with E-state index in [1.54, 1.807) is 4.90 Å². The number of hydrogen-bond donors (Lipinski definition) is 2. The summed E-state index contributed by atoms with van der Waals surface area (Å²) in [5, 5.41) is 11.6. The van der Waals surface area contributed by atoms with Crippen molar-refractivity contribution in [2.24, 2.45) is 5.41 Å². The molecule has 1 heterocycles. The lowest BCUT2D eigenvalue weighted by atomic mass is 9.83. The average Bonchev–Trinajstić information content (AvgIpc) is 2.42. The van der Waals surface area contributed by atoms with E-state index < -0.39 is 18.0 Å². The minimum atomic E-state index is -1.15. The molecule has 120 valence electrons. The molecular weight excluding hydrogens is 276 g/mol. The molecule has 1 rings (SSSR count). The molecule has 0 radical (unpaired) electrons. The van der Waals surface area contributed by atoms with Crippen LogP contribution in [0.25, 0.3) is 0 Å². The molecule has 7 heteroatoms. The third-order valence-corrected chi connectivity index (χ3v) is 3.86. The number of piperidine rings is 1. The topological polar surface area (TPSA) is 95.9 Å². The molecule has 0 saturated carbocycles. The fourth-order valence-electron chi connectivity index (χ4n) is 2.18. The molecule has 0 unspecified atom stereocenters. The van der Waals surface area contributed by atoms with E-state index in [0.717, 1.165) is 12.8 Å². The number of carboxylic acids is 1. The van der Waals surface area contributed by atoms with E-state index >= 15 is 0 Å². The number of nitrogens with zero attached hydrogens (tertiary/aromatic N) is 1. The molecule has 1 saturated heterocycles. The lowest BCUT2D eigenvalue weighted by Crippen LogP contribution is -2.51. The zero-order valence-electron chi connectivity index (χ0n) is 12.8. The number of methoxy groups -OCH3 is 1. The van der Waals surface area contributed by atoms with E-state index in [1.165, 1.54) is 7.11 Å². The molecule has 0 bridgehead atoms. The number of nitrogens with one attached hydrogen (secondary N) is 1. The summed E-state index contributed by atoms with van der Waals surface area (Å²) >= 11 is 0. The van der Waals surface area contributed by atoms with Gasteiger partial charge in [-0.2, -0.15) is 0 Å². The van der Waals surface area contributed by atoms with Gasteiger partial charge in [-0.05, 0) is 24.7 Å². The van der Waals surface area contributed by atoms with Crippen molar-refractivity contribution in [2.75, 3.05) is 20.2 Å². The van der Waals surface area contributed by atoms with E-state index in [-0.39, 0.29) is 24.3 Å². The van der Waals surface area contributed by atoms with Gasteiger partial charge in [0.1, 0.15) is 6.04 Å². The summed E-state index contributed by atoms with van der Waals surface area (Å²) < 4.78 is 4.47. The Kier molecular flexibility index (Phi) is 5.99. The molecule has 0 aromatic rings. The number of likely N-dealkylation sites (tertiary alicyclic amines) is 1. The van der Waals surface area contributed by atoms with E-state index in [4.69, 9.17) is 5.11 Å². The number of esters is 1. The zero-order valence-corrected chi connectivity index (χ0v) is 12.8. The van der Waals surface area contributed by atoms with Gasteiger partial charge in [0.2, 0.25) is 0 Å². The zero-order chi connectivity index (χ0) is 16.0. The first-order chi connectivity index (χ1) is 9.75. The van der Waals surface area contributed by atoms with Gasteiger partial charge in [0, 0.05) is 19.5 Å². The lowest BCUT2D eigenvalue weighted by molar-refractivity contribution is -0.142. The number of carbonyl (C=O) groups is 3. The fourth-order valence-corrected chi connectivity index (χ4v) is 2.18. The highest BCUT2D eigenvalue weighted by molar-refractivity contribution is 5.83. The predicted molar refractivity (Wildman–Crippen MR) is 75.8 cm³/mol.